The van der Waals surface area contributed by atoms with Gasteiger partial charge in [0.05, 0.1) is 0 Å². The van der Waals surface area contributed by atoms with Crippen molar-refractivity contribution in [2.24, 2.45) is 5.92 Å². The number of benzene rings is 1. The summed E-state index contributed by atoms with van der Waals surface area (Å²) in [4.78, 5) is 17.0. The molecule has 2 heterocycles. The van der Waals surface area contributed by atoms with Crippen LogP contribution >= 0.6 is 0 Å². The number of piperidine rings is 1. The second-order valence-corrected chi connectivity index (χ2v) is 7.06. The van der Waals surface area contributed by atoms with Crippen LogP contribution in [0, 0.1) is 5.92 Å². The maximum Gasteiger partial charge on any atom is 0.222 e. The van der Waals surface area contributed by atoms with Crippen LogP contribution in [0.2, 0.25) is 0 Å². The highest BCUT2D eigenvalue weighted by Crippen LogP contribution is 2.20. The number of rotatable bonds is 5. The molecule has 2 aliphatic rings. The average molecular weight is 315 g/mol. The van der Waals surface area contributed by atoms with E-state index in [0.29, 0.717) is 24.3 Å². The first-order valence-electron chi connectivity index (χ1n) is 8.95. The molecule has 0 saturated carbocycles. The molecule has 0 aromatic heterocycles. The summed E-state index contributed by atoms with van der Waals surface area (Å²) in [6, 6.07) is 11.1. The van der Waals surface area contributed by atoms with Gasteiger partial charge in [0.1, 0.15) is 0 Å². The van der Waals surface area contributed by atoms with E-state index in [1.807, 2.05) is 11.9 Å². The Morgan fingerprint density at radius 3 is 2.61 bits per heavy atom. The molecule has 2 aliphatic heterocycles. The molecule has 1 N–H and O–H groups in total. The highest BCUT2D eigenvalue weighted by Gasteiger charge is 2.27. The third kappa shape index (κ3) is 4.55. The topological polar surface area (TPSA) is 35.6 Å². The van der Waals surface area contributed by atoms with Gasteiger partial charge in [0.25, 0.3) is 0 Å². The lowest BCUT2D eigenvalue weighted by molar-refractivity contribution is -0.133. The number of carbonyl (C=O) groups is 1. The van der Waals surface area contributed by atoms with Crippen molar-refractivity contribution in [3.05, 3.63) is 35.9 Å². The van der Waals surface area contributed by atoms with Crippen molar-refractivity contribution >= 4 is 5.91 Å². The molecule has 0 radical (unpaired) electrons. The van der Waals surface area contributed by atoms with Gasteiger partial charge in [-0.15, -0.1) is 0 Å². The van der Waals surface area contributed by atoms with Crippen LogP contribution in [0.1, 0.15) is 31.2 Å². The normalized spacial score (nSPS) is 23.1. The summed E-state index contributed by atoms with van der Waals surface area (Å²) in [5, 5.41) is 3.35. The smallest absolute Gasteiger partial charge is 0.222 e. The third-order valence-electron chi connectivity index (χ3n) is 5.37. The van der Waals surface area contributed by atoms with E-state index in [4.69, 9.17) is 0 Å². The lowest BCUT2D eigenvalue weighted by Crippen LogP contribution is -2.45. The second kappa shape index (κ2) is 7.93. The fourth-order valence-electron chi connectivity index (χ4n) is 3.79. The van der Waals surface area contributed by atoms with E-state index in [9.17, 15) is 4.79 Å². The van der Waals surface area contributed by atoms with E-state index in [2.05, 4.69) is 40.5 Å². The second-order valence-electron chi connectivity index (χ2n) is 7.06. The Bertz CT molecular complexity index is 491. The molecule has 1 unspecified atom stereocenters. The highest BCUT2D eigenvalue weighted by molar-refractivity contribution is 5.76. The molecular weight excluding hydrogens is 286 g/mol. The van der Waals surface area contributed by atoms with Crippen molar-refractivity contribution in [2.75, 3.05) is 33.2 Å². The molecule has 2 fully saturated rings. The number of nitrogens with one attached hydrogen (secondary N) is 1. The Labute approximate surface area is 139 Å². The zero-order valence-corrected chi connectivity index (χ0v) is 14.2. The molecule has 0 spiro atoms. The number of carbonyl (C=O) groups excluding carboxylic acids is 1. The molecule has 0 aliphatic carbocycles. The molecule has 1 atom stereocenters. The van der Waals surface area contributed by atoms with Crippen LogP contribution in [-0.4, -0.2) is 55.0 Å². The van der Waals surface area contributed by atoms with Crippen LogP contribution in [-0.2, 0) is 11.3 Å². The van der Waals surface area contributed by atoms with Crippen LogP contribution in [0.5, 0.6) is 0 Å². The van der Waals surface area contributed by atoms with Crippen LogP contribution < -0.4 is 5.32 Å². The lowest BCUT2D eigenvalue weighted by Gasteiger charge is -2.37. The quantitative estimate of drug-likeness (QED) is 0.904. The maximum atomic E-state index is 12.5. The minimum atomic E-state index is 0.334. The third-order valence-corrected chi connectivity index (χ3v) is 5.37. The van der Waals surface area contributed by atoms with Crippen molar-refractivity contribution in [1.29, 1.82) is 0 Å². The van der Waals surface area contributed by atoms with E-state index in [-0.39, 0.29) is 0 Å². The molecule has 1 aromatic rings. The van der Waals surface area contributed by atoms with Crippen molar-refractivity contribution in [3.8, 4) is 0 Å². The average Bonchev–Trinajstić information content (AvgIpc) is 3.09. The Morgan fingerprint density at radius 1 is 1.22 bits per heavy atom. The monoisotopic (exact) mass is 315 g/mol. The van der Waals surface area contributed by atoms with Gasteiger partial charge in [-0.25, -0.2) is 0 Å². The Morgan fingerprint density at radius 2 is 1.96 bits per heavy atom. The van der Waals surface area contributed by atoms with Crippen LogP contribution in [0.15, 0.2) is 30.3 Å². The molecule has 3 rings (SSSR count). The first kappa shape index (κ1) is 16.5. The summed E-state index contributed by atoms with van der Waals surface area (Å²) < 4.78 is 0. The fourth-order valence-corrected chi connectivity index (χ4v) is 3.79. The fraction of sp³-hybridized carbons (Fsp3) is 0.632. The van der Waals surface area contributed by atoms with Gasteiger partial charge in [-0.2, -0.15) is 0 Å². The van der Waals surface area contributed by atoms with Crippen molar-refractivity contribution in [3.63, 3.8) is 0 Å². The summed E-state index contributed by atoms with van der Waals surface area (Å²) in [5.74, 6) is 0.878. The van der Waals surface area contributed by atoms with Crippen LogP contribution in [0.3, 0.4) is 0 Å². The Balaban J connectivity index is 1.43. The molecule has 4 nitrogen and oxygen atoms in total. The molecule has 126 valence electrons. The van der Waals surface area contributed by atoms with Gasteiger partial charge >= 0.3 is 0 Å². The molecular formula is C19H29N3O. The van der Waals surface area contributed by atoms with Gasteiger partial charge in [0.2, 0.25) is 5.91 Å². The van der Waals surface area contributed by atoms with Crippen LogP contribution in [0.4, 0.5) is 0 Å². The van der Waals surface area contributed by atoms with Gasteiger partial charge in [0, 0.05) is 39.1 Å². The molecule has 4 heteroatoms. The summed E-state index contributed by atoms with van der Waals surface area (Å²) in [5.41, 5.74) is 1.38. The number of amides is 1. The first-order chi connectivity index (χ1) is 11.2. The van der Waals surface area contributed by atoms with E-state index >= 15 is 0 Å². The number of nitrogens with zero attached hydrogens (tertiary/aromatic N) is 2. The van der Waals surface area contributed by atoms with Gasteiger partial charge in [0.15, 0.2) is 0 Å². The number of hydrogen-bond donors (Lipinski definition) is 1. The highest BCUT2D eigenvalue weighted by atomic mass is 16.2. The summed E-state index contributed by atoms with van der Waals surface area (Å²) in [6.07, 6.45) is 4.05. The number of hydrogen-bond acceptors (Lipinski definition) is 3. The lowest BCUT2D eigenvalue weighted by atomic mass is 10.00. The Kier molecular flexibility index (Phi) is 5.68. The minimum Gasteiger partial charge on any atom is -0.343 e. The molecule has 0 bridgehead atoms. The van der Waals surface area contributed by atoms with Gasteiger partial charge in [-0.1, -0.05) is 30.3 Å². The maximum absolute atomic E-state index is 12.5. The van der Waals surface area contributed by atoms with Crippen molar-refractivity contribution in [2.45, 2.75) is 38.3 Å². The molecule has 1 amide bonds. The molecule has 23 heavy (non-hydrogen) atoms. The summed E-state index contributed by atoms with van der Waals surface area (Å²) >= 11 is 0. The molecule has 2 saturated heterocycles. The molecule has 1 aromatic carbocycles. The van der Waals surface area contributed by atoms with Gasteiger partial charge < -0.3 is 10.2 Å². The number of likely N-dealkylation sites (tertiary alicyclic amines) is 1. The minimum absolute atomic E-state index is 0.334. The van der Waals surface area contributed by atoms with Crippen molar-refractivity contribution in [1.82, 2.24) is 15.1 Å². The standard InChI is InChI=1S/C19H29N3O/c1-21(19(23)13-17-7-10-20-14-17)18-8-11-22(12-9-18)15-16-5-3-2-4-6-16/h2-6,17-18,20H,7-15H2,1H3. The summed E-state index contributed by atoms with van der Waals surface area (Å²) in [7, 11) is 2.00. The zero-order chi connectivity index (χ0) is 16.1. The zero-order valence-electron chi connectivity index (χ0n) is 14.2. The first-order valence-corrected chi connectivity index (χ1v) is 8.95. The van der Waals surface area contributed by atoms with E-state index < -0.39 is 0 Å². The van der Waals surface area contributed by atoms with E-state index in [0.717, 1.165) is 52.0 Å². The van der Waals surface area contributed by atoms with Crippen LogP contribution in [0.25, 0.3) is 0 Å². The largest absolute Gasteiger partial charge is 0.343 e. The SMILES string of the molecule is CN(C(=O)CC1CCNC1)C1CCN(Cc2ccccc2)CC1. The van der Waals surface area contributed by atoms with E-state index in [1.165, 1.54) is 5.56 Å². The van der Waals surface area contributed by atoms with Crippen molar-refractivity contribution < 1.29 is 4.79 Å². The predicted octanol–water partition coefficient (Wildman–Crippen LogP) is 2.11. The predicted molar refractivity (Wildman–Crippen MR) is 93.1 cm³/mol. The van der Waals surface area contributed by atoms with E-state index in [1.54, 1.807) is 0 Å². The Hall–Kier alpha value is -1.39. The van der Waals surface area contributed by atoms with Gasteiger partial charge in [-0.05, 0) is 43.8 Å². The summed E-state index contributed by atoms with van der Waals surface area (Å²) in [6.45, 7) is 5.28. The van der Waals surface area contributed by atoms with Gasteiger partial charge in [-0.3, -0.25) is 9.69 Å².